The van der Waals surface area contributed by atoms with Crippen LogP contribution in [-0.2, 0) is 11.3 Å². The maximum atomic E-state index is 13.7. The van der Waals surface area contributed by atoms with Gasteiger partial charge in [0.15, 0.2) is 0 Å². The molecule has 1 atom stereocenters. The predicted molar refractivity (Wildman–Crippen MR) is 133 cm³/mol. The van der Waals surface area contributed by atoms with Gasteiger partial charge in [-0.3, -0.25) is 19.3 Å². The summed E-state index contributed by atoms with van der Waals surface area (Å²) in [6, 6.07) is 11.5. The lowest BCUT2D eigenvalue weighted by atomic mass is 10.0. The maximum Gasteiger partial charge on any atom is 0.294 e. The van der Waals surface area contributed by atoms with Crippen molar-refractivity contribution in [2.75, 3.05) is 33.2 Å². The van der Waals surface area contributed by atoms with Crippen LogP contribution in [0.15, 0.2) is 42.5 Å². The lowest BCUT2D eigenvalue weighted by molar-refractivity contribution is -0.125. The van der Waals surface area contributed by atoms with Gasteiger partial charge in [-0.25, -0.2) is 4.39 Å². The molecule has 0 spiro atoms. The molecule has 3 aromatic rings. The molecular formula is C27H31FN4O3. The molecule has 0 aliphatic carbocycles. The fourth-order valence-corrected chi connectivity index (χ4v) is 4.65. The van der Waals surface area contributed by atoms with Gasteiger partial charge in [0, 0.05) is 68.0 Å². The number of benzene rings is 2. The van der Waals surface area contributed by atoms with Gasteiger partial charge in [-0.2, -0.15) is 0 Å². The Morgan fingerprint density at radius 1 is 1.11 bits per heavy atom. The van der Waals surface area contributed by atoms with Crippen molar-refractivity contribution in [2.24, 2.45) is 0 Å². The van der Waals surface area contributed by atoms with Crippen LogP contribution in [0.5, 0.6) is 0 Å². The number of nitrogens with one attached hydrogen (secondary N) is 1. The molecule has 1 saturated heterocycles. The Morgan fingerprint density at radius 2 is 1.83 bits per heavy atom. The third-order valence-electron chi connectivity index (χ3n) is 6.77. The van der Waals surface area contributed by atoms with Crippen molar-refractivity contribution < 1.29 is 18.8 Å². The maximum absolute atomic E-state index is 13.7. The number of ketones is 1. The van der Waals surface area contributed by atoms with Crippen LogP contribution in [0.4, 0.5) is 4.39 Å². The smallest absolute Gasteiger partial charge is 0.294 e. The summed E-state index contributed by atoms with van der Waals surface area (Å²) < 4.78 is 13.2. The average molecular weight is 479 g/mol. The molecular weight excluding hydrogens is 447 g/mol. The minimum atomic E-state index is -0.587. The number of carbonyl (C=O) groups excluding carboxylic acids is 3. The van der Waals surface area contributed by atoms with Crippen molar-refractivity contribution in [3.8, 4) is 0 Å². The van der Waals surface area contributed by atoms with E-state index in [2.05, 4.69) is 9.88 Å². The average Bonchev–Trinajstić information content (AvgIpc) is 3.18. The number of likely N-dealkylation sites (N-methyl/N-ethyl adjacent to an activating group) is 1. The Morgan fingerprint density at radius 3 is 2.49 bits per heavy atom. The van der Waals surface area contributed by atoms with E-state index < -0.39 is 11.7 Å². The van der Waals surface area contributed by atoms with Crippen LogP contribution in [0.2, 0.25) is 0 Å². The summed E-state index contributed by atoms with van der Waals surface area (Å²) in [6.07, 6.45) is 0. The molecule has 2 amide bonds. The predicted octanol–water partition coefficient (Wildman–Crippen LogP) is 3.62. The first-order chi connectivity index (χ1) is 16.7. The highest BCUT2D eigenvalue weighted by Crippen LogP contribution is 2.27. The van der Waals surface area contributed by atoms with Gasteiger partial charge in [0.05, 0.1) is 5.56 Å². The van der Waals surface area contributed by atoms with Crippen molar-refractivity contribution in [3.05, 3.63) is 70.7 Å². The third kappa shape index (κ3) is 4.98. The largest absolute Gasteiger partial charge is 0.358 e. The number of hydrogen-bond acceptors (Lipinski definition) is 4. The van der Waals surface area contributed by atoms with Crippen molar-refractivity contribution in [1.29, 1.82) is 0 Å². The molecule has 35 heavy (non-hydrogen) atoms. The van der Waals surface area contributed by atoms with E-state index in [0.717, 1.165) is 16.8 Å². The standard InChI is InChI=1S/C27H31FN4O3/c1-5-30(4)27(35)25(33)20-8-11-23-22(14-20)24(18(3)29-23)26(34)32-13-12-31(15-17(32)2)16-19-6-9-21(28)10-7-19/h6-11,14,17,29H,5,12-13,15-16H2,1-4H3/t17-/m1/s1. The first kappa shape index (κ1) is 24.6. The van der Waals surface area contributed by atoms with Crippen molar-refractivity contribution >= 4 is 28.5 Å². The van der Waals surface area contributed by atoms with Crippen LogP contribution in [0.1, 0.15) is 45.8 Å². The molecule has 0 radical (unpaired) electrons. The summed E-state index contributed by atoms with van der Waals surface area (Å²) in [5, 5.41) is 0.645. The monoisotopic (exact) mass is 478 g/mol. The minimum absolute atomic E-state index is 0.0226. The normalized spacial score (nSPS) is 16.5. The molecule has 0 bridgehead atoms. The van der Waals surface area contributed by atoms with Gasteiger partial charge in [0.25, 0.3) is 11.8 Å². The zero-order valence-electron chi connectivity index (χ0n) is 20.6. The van der Waals surface area contributed by atoms with E-state index in [9.17, 15) is 18.8 Å². The first-order valence-electron chi connectivity index (χ1n) is 11.9. The van der Waals surface area contributed by atoms with E-state index in [1.165, 1.54) is 17.0 Å². The van der Waals surface area contributed by atoms with Crippen LogP contribution in [0, 0.1) is 12.7 Å². The second kappa shape index (κ2) is 10.00. The van der Waals surface area contributed by atoms with Gasteiger partial charge in [-0.15, -0.1) is 0 Å². The molecule has 8 heteroatoms. The highest BCUT2D eigenvalue weighted by molar-refractivity contribution is 6.43. The fourth-order valence-electron chi connectivity index (χ4n) is 4.65. The van der Waals surface area contributed by atoms with Gasteiger partial charge in [-0.05, 0) is 56.7 Å². The Labute approximate surface area is 204 Å². The highest BCUT2D eigenvalue weighted by atomic mass is 19.1. The summed E-state index contributed by atoms with van der Waals surface area (Å²) in [7, 11) is 1.59. The molecule has 184 valence electrons. The number of rotatable bonds is 6. The van der Waals surface area contributed by atoms with Crippen LogP contribution in [0.3, 0.4) is 0 Å². The van der Waals surface area contributed by atoms with E-state index in [-0.39, 0.29) is 23.3 Å². The summed E-state index contributed by atoms with van der Waals surface area (Å²) in [5.41, 5.74) is 3.32. The Bertz CT molecular complexity index is 1270. The van der Waals surface area contributed by atoms with E-state index in [0.29, 0.717) is 43.7 Å². The van der Waals surface area contributed by atoms with Gasteiger partial charge in [0.1, 0.15) is 5.82 Å². The lowest BCUT2D eigenvalue weighted by Crippen LogP contribution is -2.53. The number of nitrogens with zero attached hydrogens (tertiary/aromatic N) is 3. The summed E-state index contributed by atoms with van der Waals surface area (Å²) in [5.74, 6) is -1.50. The molecule has 0 saturated carbocycles. The Balaban J connectivity index is 1.54. The lowest BCUT2D eigenvalue weighted by Gasteiger charge is -2.40. The van der Waals surface area contributed by atoms with Crippen molar-refractivity contribution in [3.63, 3.8) is 0 Å². The number of hydrogen-bond donors (Lipinski definition) is 1. The van der Waals surface area contributed by atoms with Crippen molar-refractivity contribution in [1.82, 2.24) is 19.7 Å². The number of aromatic nitrogens is 1. The molecule has 2 heterocycles. The number of H-pyrrole nitrogens is 1. The Kier molecular flexibility index (Phi) is 7.03. The third-order valence-corrected chi connectivity index (χ3v) is 6.77. The van der Waals surface area contributed by atoms with Gasteiger partial charge in [0.2, 0.25) is 5.78 Å². The Hall–Kier alpha value is -3.52. The second-order valence-corrected chi connectivity index (χ2v) is 9.24. The minimum Gasteiger partial charge on any atom is -0.358 e. The topological polar surface area (TPSA) is 76.7 Å². The molecule has 7 nitrogen and oxygen atoms in total. The molecule has 1 aromatic heterocycles. The van der Waals surface area contributed by atoms with Gasteiger partial charge >= 0.3 is 0 Å². The second-order valence-electron chi connectivity index (χ2n) is 9.24. The highest BCUT2D eigenvalue weighted by Gasteiger charge is 2.31. The molecule has 4 rings (SSSR count). The molecule has 1 aliphatic heterocycles. The molecule has 0 unspecified atom stereocenters. The molecule has 1 N–H and O–H groups in total. The molecule has 2 aromatic carbocycles. The first-order valence-corrected chi connectivity index (χ1v) is 11.9. The van der Waals surface area contributed by atoms with Gasteiger partial charge < -0.3 is 14.8 Å². The van der Waals surface area contributed by atoms with E-state index in [4.69, 9.17) is 0 Å². The number of piperazine rings is 1. The van der Waals surface area contributed by atoms with E-state index in [1.807, 2.05) is 18.7 Å². The van der Waals surface area contributed by atoms with E-state index >= 15 is 0 Å². The van der Waals surface area contributed by atoms with Crippen LogP contribution >= 0.6 is 0 Å². The van der Waals surface area contributed by atoms with Crippen molar-refractivity contribution in [2.45, 2.75) is 33.4 Å². The number of carbonyl (C=O) groups is 3. The summed E-state index contributed by atoms with van der Waals surface area (Å²) >= 11 is 0. The van der Waals surface area contributed by atoms with E-state index in [1.54, 1.807) is 44.3 Å². The zero-order chi connectivity index (χ0) is 25.3. The SMILES string of the molecule is CCN(C)C(=O)C(=O)c1ccc2[nH]c(C)c(C(=O)N3CCN(Cc4ccc(F)cc4)C[C@H]3C)c2c1. The number of aromatic amines is 1. The number of halogens is 1. The zero-order valence-corrected chi connectivity index (χ0v) is 20.6. The van der Waals surface area contributed by atoms with Crippen LogP contribution in [0.25, 0.3) is 10.9 Å². The number of fused-ring (bicyclic) bond motifs is 1. The molecule has 1 aliphatic rings. The molecule has 1 fully saturated rings. The fraction of sp³-hybridized carbons (Fsp3) is 0.370. The summed E-state index contributed by atoms with van der Waals surface area (Å²) in [6.45, 7) is 8.78. The number of amides is 2. The van der Waals surface area contributed by atoms with Crippen LogP contribution < -0.4 is 0 Å². The number of Topliss-reactive ketones (excluding diaryl/α,β-unsaturated/α-hetero) is 1. The van der Waals surface area contributed by atoms with Crippen LogP contribution in [-0.4, -0.2) is 76.5 Å². The quantitative estimate of drug-likeness (QED) is 0.434. The number of aryl methyl sites for hydroxylation is 1. The van der Waals surface area contributed by atoms with Gasteiger partial charge in [-0.1, -0.05) is 12.1 Å². The summed E-state index contributed by atoms with van der Waals surface area (Å²) in [4.78, 5) is 47.5.